The molecule has 0 aliphatic heterocycles. The Hall–Kier alpha value is -3.10. The highest BCUT2D eigenvalue weighted by molar-refractivity contribution is 5.93. The molecule has 1 aromatic carbocycles. The average Bonchev–Trinajstić information content (AvgIpc) is 2.52. The van der Waals surface area contributed by atoms with Gasteiger partial charge in [-0.3, -0.25) is 14.4 Å². The summed E-state index contributed by atoms with van der Waals surface area (Å²) in [5.74, 6) is -1.60. The third-order valence-electron chi connectivity index (χ3n) is 3.65. The molecule has 0 heterocycles. The van der Waals surface area contributed by atoms with Crippen molar-refractivity contribution >= 4 is 23.8 Å². The number of carbonyl (C=O) groups is 4. The largest absolute Gasteiger partial charge is 0.465 e. The van der Waals surface area contributed by atoms with E-state index in [0.717, 1.165) is 11.1 Å². The van der Waals surface area contributed by atoms with Crippen LogP contribution in [0.4, 0.5) is 4.79 Å². The van der Waals surface area contributed by atoms with Gasteiger partial charge in [0.1, 0.15) is 11.6 Å². The number of hydrogen-bond acceptors (Lipinski definition) is 4. The zero-order valence-electron chi connectivity index (χ0n) is 15.0. The van der Waals surface area contributed by atoms with E-state index in [4.69, 9.17) is 10.8 Å². The predicted molar refractivity (Wildman–Crippen MR) is 94.0 cm³/mol. The molecule has 0 radical (unpaired) electrons. The van der Waals surface area contributed by atoms with Crippen LogP contribution in [0.15, 0.2) is 24.3 Å². The Kier molecular flexibility index (Phi) is 7.12. The number of hydrogen-bond donors (Lipinski definition) is 5. The van der Waals surface area contributed by atoms with Crippen LogP contribution in [0.3, 0.4) is 0 Å². The van der Waals surface area contributed by atoms with E-state index in [2.05, 4.69) is 16.0 Å². The first-order valence-electron chi connectivity index (χ1n) is 7.95. The molecule has 4 amide bonds. The van der Waals surface area contributed by atoms with Crippen LogP contribution in [-0.4, -0.2) is 40.5 Å². The molecular formula is C17H24N4O5. The number of amides is 4. The van der Waals surface area contributed by atoms with Crippen LogP contribution in [0.25, 0.3) is 0 Å². The molecule has 0 aliphatic carbocycles. The quantitative estimate of drug-likeness (QED) is 0.436. The number of benzene rings is 1. The maximum absolute atomic E-state index is 12.4. The van der Waals surface area contributed by atoms with E-state index in [1.54, 1.807) is 24.3 Å². The van der Waals surface area contributed by atoms with Crippen LogP contribution >= 0.6 is 0 Å². The summed E-state index contributed by atoms with van der Waals surface area (Å²) in [7, 11) is 0. The van der Waals surface area contributed by atoms with Crippen LogP contribution < -0.4 is 21.7 Å². The molecule has 0 saturated heterocycles. The zero-order chi connectivity index (χ0) is 19.9. The van der Waals surface area contributed by atoms with E-state index in [1.807, 2.05) is 0 Å². The van der Waals surface area contributed by atoms with Crippen molar-refractivity contribution in [2.75, 3.05) is 0 Å². The number of nitrogens with one attached hydrogen (secondary N) is 3. The fraction of sp³-hybridized carbons (Fsp3) is 0.412. The van der Waals surface area contributed by atoms with Gasteiger partial charge in [-0.2, -0.15) is 0 Å². The van der Waals surface area contributed by atoms with E-state index in [-0.39, 0.29) is 18.9 Å². The SMILES string of the molecule is CC(=O)N[C@@H](Cc1ccc(CNC(=O)O)cc1)C(=O)NC(C)(C)C(N)=O. The Morgan fingerprint density at radius 2 is 1.65 bits per heavy atom. The minimum Gasteiger partial charge on any atom is -0.465 e. The lowest BCUT2D eigenvalue weighted by molar-refractivity contribution is -0.133. The summed E-state index contributed by atoms with van der Waals surface area (Å²) in [6.07, 6.45) is -0.916. The maximum Gasteiger partial charge on any atom is 0.404 e. The molecule has 6 N–H and O–H groups in total. The smallest absolute Gasteiger partial charge is 0.404 e. The molecule has 1 rings (SSSR count). The second kappa shape index (κ2) is 8.84. The molecule has 26 heavy (non-hydrogen) atoms. The molecule has 0 aliphatic rings. The van der Waals surface area contributed by atoms with Crippen LogP contribution in [-0.2, 0) is 27.3 Å². The lowest BCUT2D eigenvalue weighted by atomic mass is 10.0. The molecule has 0 bridgehead atoms. The van der Waals surface area contributed by atoms with Gasteiger partial charge in [0.15, 0.2) is 0 Å². The van der Waals surface area contributed by atoms with Crippen molar-refractivity contribution in [1.29, 1.82) is 0 Å². The molecule has 9 nitrogen and oxygen atoms in total. The van der Waals surface area contributed by atoms with Gasteiger partial charge in [0, 0.05) is 19.9 Å². The van der Waals surface area contributed by atoms with Gasteiger partial charge >= 0.3 is 6.09 Å². The molecule has 0 saturated carbocycles. The third-order valence-corrected chi connectivity index (χ3v) is 3.65. The highest BCUT2D eigenvalue weighted by Crippen LogP contribution is 2.09. The summed E-state index contributed by atoms with van der Waals surface area (Å²) >= 11 is 0. The molecule has 1 atom stereocenters. The first-order valence-corrected chi connectivity index (χ1v) is 7.95. The minimum absolute atomic E-state index is 0.165. The summed E-state index contributed by atoms with van der Waals surface area (Å²) in [6, 6.07) is 6.04. The normalized spacial score (nSPS) is 12.0. The molecule has 0 unspecified atom stereocenters. The predicted octanol–water partition coefficient (Wildman–Crippen LogP) is -0.118. The zero-order valence-corrected chi connectivity index (χ0v) is 15.0. The summed E-state index contributed by atoms with van der Waals surface area (Å²) in [4.78, 5) is 45.7. The number of rotatable bonds is 8. The van der Waals surface area contributed by atoms with E-state index >= 15 is 0 Å². The summed E-state index contributed by atoms with van der Waals surface area (Å²) < 4.78 is 0. The van der Waals surface area contributed by atoms with Crippen molar-refractivity contribution in [2.24, 2.45) is 5.73 Å². The topological polar surface area (TPSA) is 151 Å². The summed E-state index contributed by atoms with van der Waals surface area (Å²) in [5.41, 5.74) is 5.52. The third kappa shape index (κ3) is 6.80. The van der Waals surface area contributed by atoms with Gasteiger partial charge in [-0.1, -0.05) is 24.3 Å². The van der Waals surface area contributed by atoms with Crippen LogP contribution in [0.1, 0.15) is 31.9 Å². The Morgan fingerprint density at radius 1 is 1.12 bits per heavy atom. The van der Waals surface area contributed by atoms with Gasteiger partial charge in [0.05, 0.1) is 0 Å². The highest BCUT2D eigenvalue weighted by Gasteiger charge is 2.30. The summed E-state index contributed by atoms with van der Waals surface area (Å²) in [6.45, 7) is 4.41. The first kappa shape index (κ1) is 20.9. The first-order chi connectivity index (χ1) is 12.0. The fourth-order valence-electron chi connectivity index (χ4n) is 2.12. The fourth-order valence-corrected chi connectivity index (χ4v) is 2.12. The van der Waals surface area contributed by atoms with Crippen LogP contribution in [0, 0.1) is 0 Å². The Bertz CT molecular complexity index is 685. The second-order valence-corrected chi connectivity index (χ2v) is 6.41. The van der Waals surface area contributed by atoms with Crippen molar-refractivity contribution in [2.45, 2.75) is 45.3 Å². The lowest BCUT2D eigenvalue weighted by Gasteiger charge is -2.26. The molecule has 0 spiro atoms. The number of nitrogens with two attached hydrogens (primary N) is 1. The van der Waals surface area contributed by atoms with E-state index in [1.165, 1.54) is 20.8 Å². The van der Waals surface area contributed by atoms with Crippen LogP contribution in [0.5, 0.6) is 0 Å². The van der Waals surface area contributed by atoms with Gasteiger partial charge in [0.2, 0.25) is 17.7 Å². The Morgan fingerprint density at radius 3 is 2.12 bits per heavy atom. The standard InChI is InChI=1S/C17H24N4O5/c1-10(22)20-13(14(23)21-17(2,3)15(18)24)8-11-4-6-12(7-5-11)9-19-16(25)26/h4-7,13,19H,8-9H2,1-3H3,(H2,18,24)(H,20,22)(H,21,23)(H,25,26)/t13-/m0/s1. The Labute approximate surface area is 151 Å². The number of carboxylic acid groups (broad SMARTS) is 1. The van der Waals surface area contributed by atoms with Gasteiger partial charge in [-0.25, -0.2) is 4.79 Å². The Balaban J connectivity index is 2.84. The molecule has 0 fully saturated rings. The van der Waals surface area contributed by atoms with Crippen molar-refractivity contribution < 1.29 is 24.3 Å². The summed E-state index contributed by atoms with van der Waals surface area (Å²) in [5, 5.41) is 15.9. The van der Waals surface area contributed by atoms with E-state index in [9.17, 15) is 19.2 Å². The molecule has 142 valence electrons. The van der Waals surface area contributed by atoms with Crippen molar-refractivity contribution in [3.8, 4) is 0 Å². The van der Waals surface area contributed by atoms with Gasteiger partial charge in [-0.05, 0) is 25.0 Å². The second-order valence-electron chi connectivity index (χ2n) is 6.41. The van der Waals surface area contributed by atoms with Crippen molar-refractivity contribution in [3.63, 3.8) is 0 Å². The minimum atomic E-state index is -1.25. The van der Waals surface area contributed by atoms with Crippen molar-refractivity contribution in [1.82, 2.24) is 16.0 Å². The van der Waals surface area contributed by atoms with Crippen molar-refractivity contribution in [3.05, 3.63) is 35.4 Å². The average molecular weight is 364 g/mol. The number of primary amides is 1. The number of carbonyl (C=O) groups excluding carboxylic acids is 3. The van der Waals surface area contributed by atoms with Gasteiger partial charge in [0.25, 0.3) is 0 Å². The lowest BCUT2D eigenvalue weighted by Crippen LogP contribution is -2.58. The molecule has 1 aromatic rings. The van der Waals surface area contributed by atoms with Gasteiger partial charge in [-0.15, -0.1) is 0 Å². The molecule has 9 heteroatoms. The molecular weight excluding hydrogens is 340 g/mol. The van der Waals surface area contributed by atoms with E-state index < -0.39 is 29.5 Å². The monoisotopic (exact) mass is 364 g/mol. The maximum atomic E-state index is 12.4. The van der Waals surface area contributed by atoms with Gasteiger partial charge < -0.3 is 26.8 Å². The highest BCUT2D eigenvalue weighted by atomic mass is 16.4. The van der Waals surface area contributed by atoms with Crippen LogP contribution in [0.2, 0.25) is 0 Å². The molecule has 0 aromatic heterocycles. The van der Waals surface area contributed by atoms with E-state index in [0.29, 0.717) is 0 Å².